The van der Waals surface area contributed by atoms with Gasteiger partial charge in [-0.3, -0.25) is 0 Å². The van der Waals surface area contributed by atoms with Crippen LogP contribution in [-0.2, 0) is 11.4 Å². The summed E-state index contributed by atoms with van der Waals surface area (Å²) in [6.45, 7) is 3.17. The number of benzene rings is 1. The Morgan fingerprint density at radius 3 is 3.00 bits per heavy atom. The second-order valence-electron chi connectivity index (χ2n) is 5.55. The van der Waals surface area contributed by atoms with Crippen LogP contribution in [0.4, 0.5) is 5.82 Å². The zero-order chi connectivity index (χ0) is 12.8. The van der Waals surface area contributed by atoms with Crippen LogP contribution >= 0.6 is 0 Å². The van der Waals surface area contributed by atoms with Gasteiger partial charge < -0.3 is 14.7 Å². The van der Waals surface area contributed by atoms with E-state index >= 15 is 0 Å². The van der Waals surface area contributed by atoms with Crippen LogP contribution in [-0.4, -0.2) is 25.2 Å². The topological polar surface area (TPSA) is 40.3 Å². The standard InChI is InChI=1S/C15H19N3O/c1-19-16-9-10-2-3-13-12(8-10)14-11-4-6-18(7-5-11)15(14)17-13/h2-3,8,11,16-17H,4-7,9H2,1H3. The number of hydroxylamine groups is 1. The summed E-state index contributed by atoms with van der Waals surface area (Å²) in [5.74, 6) is 2.12. The molecule has 0 radical (unpaired) electrons. The van der Waals surface area contributed by atoms with Gasteiger partial charge in [0.25, 0.3) is 0 Å². The molecule has 1 fully saturated rings. The van der Waals surface area contributed by atoms with Gasteiger partial charge in [0.05, 0.1) is 7.11 Å². The average Bonchev–Trinajstić information content (AvgIpc) is 2.87. The number of aromatic nitrogens is 1. The second kappa shape index (κ2) is 4.25. The van der Waals surface area contributed by atoms with E-state index in [9.17, 15) is 0 Å². The van der Waals surface area contributed by atoms with Crippen LogP contribution in [0.15, 0.2) is 18.2 Å². The molecular weight excluding hydrogens is 238 g/mol. The average molecular weight is 257 g/mol. The first-order valence-corrected chi connectivity index (χ1v) is 7.02. The number of H-pyrrole nitrogens is 1. The molecule has 3 aliphatic heterocycles. The molecule has 0 spiro atoms. The van der Waals surface area contributed by atoms with Crippen LogP contribution in [0.3, 0.4) is 0 Å². The SMILES string of the molecule is CONCc1ccc2[nH]c3c(c2c1)C1CCN3CC1. The Kier molecular flexibility index (Phi) is 2.53. The molecule has 2 aromatic rings. The minimum atomic E-state index is 0.749. The molecule has 0 amide bonds. The zero-order valence-electron chi connectivity index (χ0n) is 11.2. The molecule has 4 heteroatoms. The van der Waals surface area contributed by atoms with Crippen molar-refractivity contribution in [2.45, 2.75) is 25.3 Å². The van der Waals surface area contributed by atoms with E-state index in [-0.39, 0.29) is 0 Å². The Morgan fingerprint density at radius 2 is 2.21 bits per heavy atom. The largest absolute Gasteiger partial charge is 0.358 e. The number of nitrogens with zero attached hydrogens (tertiary/aromatic N) is 1. The fourth-order valence-electron chi connectivity index (χ4n) is 3.57. The Balaban J connectivity index is 1.83. The van der Waals surface area contributed by atoms with Crippen molar-refractivity contribution >= 4 is 16.7 Å². The van der Waals surface area contributed by atoms with Crippen LogP contribution in [0.25, 0.3) is 10.9 Å². The minimum Gasteiger partial charge on any atom is -0.358 e. The van der Waals surface area contributed by atoms with Crippen molar-refractivity contribution in [3.05, 3.63) is 29.3 Å². The molecule has 4 nitrogen and oxygen atoms in total. The lowest BCUT2D eigenvalue weighted by atomic mass is 9.84. The van der Waals surface area contributed by atoms with E-state index in [4.69, 9.17) is 4.84 Å². The highest BCUT2D eigenvalue weighted by molar-refractivity contribution is 5.91. The van der Waals surface area contributed by atoms with Gasteiger partial charge in [-0.25, -0.2) is 0 Å². The van der Waals surface area contributed by atoms with E-state index in [1.165, 1.54) is 48.2 Å². The van der Waals surface area contributed by atoms with Crippen molar-refractivity contribution in [3.8, 4) is 0 Å². The number of hydrogen-bond donors (Lipinski definition) is 2. The Morgan fingerprint density at radius 1 is 1.37 bits per heavy atom. The van der Waals surface area contributed by atoms with Gasteiger partial charge in [0.15, 0.2) is 0 Å². The van der Waals surface area contributed by atoms with E-state index in [0.29, 0.717) is 0 Å². The van der Waals surface area contributed by atoms with E-state index in [2.05, 4.69) is 33.6 Å². The van der Waals surface area contributed by atoms with Gasteiger partial charge in [0, 0.05) is 36.1 Å². The molecule has 1 saturated heterocycles. The van der Waals surface area contributed by atoms with Gasteiger partial charge in [-0.1, -0.05) is 6.07 Å². The highest BCUT2D eigenvalue weighted by Crippen LogP contribution is 2.45. The fourth-order valence-corrected chi connectivity index (χ4v) is 3.57. The molecule has 2 N–H and O–H groups in total. The Labute approximate surface area is 112 Å². The molecule has 0 aliphatic carbocycles. The summed E-state index contributed by atoms with van der Waals surface area (Å²) in [6.07, 6.45) is 2.61. The van der Waals surface area contributed by atoms with E-state index in [1.54, 1.807) is 12.7 Å². The maximum Gasteiger partial charge on any atom is 0.110 e. The van der Waals surface area contributed by atoms with Crippen LogP contribution < -0.4 is 10.4 Å². The lowest BCUT2D eigenvalue weighted by Crippen LogP contribution is -2.38. The lowest BCUT2D eigenvalue weighted by molar-refractivity contribution is 0.0867. The predicted molar refractivity (Wildman–Crippen MR) is 76.3 cm³/mol. The van der Waals surface area contributed by atoms with Crippen LogP contribution in [0.2, 0.25) is 0 Å². The first-order valence-electron chi connectivity index (χ1n) is 7.02. The highest BCUT2D eigenvalue weighted by atomic mass is 16.6. The minimum absolute atomic E-state index is 0.749. The van der Waals surface area contributed by atoms with Gasteiger partial charge in [0.1, 0.15) is 5.82 Å². The third-order valence-electron chi connectivity index (χ3n) is 4.52. The number of nitrogens with one attached hydrogen (secondary N) is 2. The number of aromatic amines is 1. The smallest absolute Gasteiger partial charge is 0.110 e. The summed E-state index contributed by atoms with van der Waals surface area (Å²) in [7, 11) is 1.66. The van der Waals surface area contributed by atoms with E-state index in [1.807, 2.05) is 0 Å². The molecule has 1 aromatic heterocycles. The zero-order valence-corrected chi connectivity index (χ0v) is 11.2. The highest BCUT2D eigenvalue weighted by Gasteiger charge is 2.33. The van der Waals surface area contributed by atoms with Crippen molar-refractivity contribution in [3.63, 3.8) is 0 Å². The van der Waals surface area contributed by atoms with Crippen LogP contribution in [0, 0.1) is 0 Å². The van der Waals surface area contributed by atoms with Gasteiger partial charge >= 0.3 is 0 Å². The van der Waals surface area contributed by atoms with Gasteiger partial charge in [0.2, 0.25) is 0 Å². The summed E-state index contributed by atoms with van der Waals surface area (Å²) >= 11 is 0. The summed E-state index contributed by atoms with van der Waals surface area (Å²) in [5.41, 5.74) is 7.00. The number of anilines is 1. The molecule has 4 heterocycles. The summed E-state index contributed by atoms with van der Waals surface area (Å²) in [4.78, 5) is 11.0. The lowest BCUT2D eigenvalue weighted by Gasteiger charge is -2.40. The van der Waals surface area contributed by atoms with E-state index < -0.39 is 0 Å². The molecule has 2 bridgehead atoms. The van der Waals surface area contributed by atoms with Crippen LogP contribution in [0.5, 0.6) is 0 Å². The molecule has 0 saturated carbocycles. The normalized spacial score (nSPS) is 18.3. The maximum atomic E-state index is 4.94. The third-order valence-corrected chi connectivity index (χ3v) is 4.52. The van der Waals surface area contributed by atoms with Crippen molar-refractivity contribution in [2.24, 2.45) is 0 Å². The monoisotopic (exact) mass is 257 g/mol. The molecule has 3 aliphatic rings. The molecule has 100 valence electrons. The number of fused-ring (bicyclic) bond motifs is 3. The van der Waals surface area contributed by atoms with Gasteiger partial charge in [-0.15, -0.1) is 0 Å². The molecule has 5 rings (SSSR count). The Bertz CT molecular complexity index is 611. The summed E-state index contributed by atoms with van der Waals surface area (Å²) in [6, 6.07) is 6.66. The van der Waals surface area contributed by atoms with Crippen molar-refractivity contribution < 1.29 is 4.84 Å². The first kappa shape index (κ1) is 11.3. The molecule has 0 atom stereocenters. The molecule has 1 aromatic carbocycles. The first-order chi connectivity index (χ1) is 9.36. The summed E-state index contributed by atoms with van der Waals surface area (Å²) < 4.78 is 0. The second-order valence-corrected chi connectivity index (χ2v) is 5.55. The van der Waals surface area contributed by atoms with Crippen molar-refractivity contribution in [1.29, 1.82) is 0 Å². The van der Waals surface area contributed by atoms with E-state index in [0.717, 1.165) is 12.5 Å². The fraction of sp³-hybridized carbons (Fsp3) is 0.467. The molecule has 19 heavy (non-hydrogen) atoms. The molecule has 0 unspecified atom stereocenters. The number of rotatable bonds is 3. The molecular formula is C15H19N3O. The van der Waals surface area contributed by atoms with Gasteiger partial charge in [-0.05, 0) is 36.5 Å². The third kappa shape index (κ3) is 1.67. The van der Waals surface area contributed by atoms with Crippen molar-refractivity contribution in [2.75, 3.05) is 25.1 Å². The van der Waals surface area contributed by atoms with Crippen LogP contribution in [0.1, 0.15) is 29.9 Å². The quantitative estimate of drug-likeness (QED) is 0.830. The Hall–Kier alpha value is -1.52. The maximum absolute atomic E-state index is 4.94. The van der Waals surface area contributed by atoms with Crippen molar-refractivity contribution in [1.82, 2.24) is 10.5 Å². The summed E-state index contributed by atoms with van der Waals surface area (Å²) in [5, 5.41) is 1.40. The number of hydrogen-bond acceptors (Lipinski definition) is 3. The predicted octanol–water partition coefficient (Wildman–Crippen LogP) is 2.52. The number of piperidine rings is 1. The van der Waals surface area contributed by atoms with Gasteiger partial charge in [-0.2, -0.15) is 5.48 Å².